The van der Waals surface area contributed by atoms with Crippen molar-refractivity contribution >= 4 is 22.8 Å². The first-order chi connectivity index (χ1) is 9.83. The van der Waals surface area contributed by atoms with Crippen LogP contribution in [-0.2, 0) is 4.79 Å². The highest BCUT2D eigenvalue weighted by molar-refractivity contribution is 5.96. The molecule has 2 aromatic rings. The summed E-state index contributed by atoms with van der Waals surface area (Å²) in [5.74, 6) is 0.0184. The highest BCUT2D eigenvalue weighted by Crippen LogP contribution is 2.20. The predicted octanol–water partition coefficient (Wildman–Crippen LogP) is 3.91. The van der Waals surface area contributed by atoms with Crippen molar-refractivity contribution < 1.29 is 4.79 Å². The topological polar surface area (TPSA) is 29.1 Å². The fourth-order valence-electron chi connectivity index (χ4n) is 2.88. The summed E-state index contributed by atoms with van der Waals surface area (Å²) in [5.41, 5.74) is 1.09. The molecule has 1 fully saturated rings. The molecule has 1 saturated carbocycles. The van der Waals surface area contributed by atoms with E-state index >= 15 is 0 Å². The molecule has 2 heteroatoms. The minimum Gasteiger partial charge on any atom is -0.350 e. The van der Waals surface area contributed by atoms with Crippen molar-refractivity contribution in [3.05, 3.63) is 54.1 Å². The van der Waals surface area contributed by atoms with Gasteiger partial charge >= 0.3 is 0 Å². The van der Waals surface area contributed by atoms with Crippen LogP contribution in [0.4, 0.5) is 0 Å². The predicted molar refractivity (Wildman–Crippen MR) is 83.4 cm³/mol. The van der Waals surface area contributed by atoms with Gasteiger partial charge in [0, 0.05) is 12.1 Å². The first kappa shape index (κ1) is 12.9. The zero-order valence-corrected chi connectivity index (χ0v) is 11.5. The van der Waals surface area contributed by atoms with Crippen LogP contribution < -0.4 is 5.32 Å². The zero-order valence-electron chi connectivity index (χ0n) is 11.5. The maximum absolute atomic E-state index is 11.9. The Bertz CT molecular complexity index is 633. The van der Waals surface area contributed by atoms with Crippen LogP contribution in [0, 0.1) is 0 Å². The zero-order chi connectivity index (χ0) is 13.8. The molecular weight excluding hydrogens is 246 g/mol. The molecule has 1 aliphatic rings. The van der Waals surface area contributed by atoms with Crippen LogP contribution in [0.2, 0.25) is 0 Å². The number of amides is 1. The number of carbonyl (C=O) groups is 1. The number of hydrogen-bond acceptors (Lipinski definition) is 1. The SMILES string of the molecule is O=C(/C=C/c1cccc2ccccc12)NC1CCCC1. The summed E-state index contributed by atoms with van der Waals surface area (Å²) in [7, 11) is 0. The number of hydrogen-bond donors (Lipinski definition) is 1. The van der Waals surface area contributed by atoms with Crippen molar-refractivity contribution in [1.29, 1.82) is 0 Å². The van der Waals surface area contributed by atoms with Gasteiger partial charge in [0.05, 0.1) is 0 Å². The second kappa shape index (κ2) is 5.91. The Labute approximate surface area is 119 Å². The molecular formula is C18H19NO. The smallest absolute Gasteiger partial charge is 0.244 e. The summed E-state index contributed by atoms with van der Waals surface area (Å²) in [5, 5.41) is 5.45. The lowest BCUT2D eigenvalue weighted by atomic mass is 10.0. The van der Waals surface area contributed by atoms with E-state index in [4.69, 9.17) is 0 Å². The fourth-order valence-corrected chi connectivity index (χ4v) is 2.88. The molecule has 0 saturated heterocycles. The van der Waals surface area contributed by atoms with E-state index in [1.54, 1.807) is 6.08 Å². The van der Waals surface area contributed by atoms with Crippen LogP contribution in [0.25, 0.3) is 16.8 Å². The van der Waals surface area contributed by atoms with Crippen molar-refractivity contribution in [2.75, 3.05) is 0 Å². The molecule has 3 rings (SSSR count). The van der Waals surface area contributed by atoms with Crippen molar-refractivity contribution in [1.82, 2.24) is 5.32 Å². The van der Waals surface area contributed by atoms with Crippen LogP contribution in [0.1, 0.15) is 31.2 Å². The van der Waals surface area contributed by atoms with Crippen LogP contribution >= 0.6 is 0 Å². The molecule has 0 spiro atoms. The minimum atomic E-state index is 0.0184. The van der Waals surface area contributed by atoms with Gasteiger partial charge in [0.15, 0.2) is 0 Å². The third kappa shape index (κ3) is 2.90. The average Bonchev–Trinajstić information content (AvgIpc) is 2.98. The Kier molecular flexibility index (Phi) is 3.82. The minimum absolute atomic E-state index is 0.0184. The largest absolute Gasteiger partial charge is 0.350 e. The maximum atomic E-state index is 11.9. The van der Waals surface area contributed by atoms with Crippen LogP contribution in [0.3, 0.4) is 0 Å². The Balaban J connectivity index is 1.75. The van der Waals surface area contributed by atoms with Crippen molar-refractivity contribution in [3.8, 4) is 0 Å². The lowest BCUT2D eigenvalue weighted by molar-refractivity contribution is -0.117. The van der Waals surface area contributed by atoms with Gasteiger partial charge < -0.3 is 5.32 Å². The highest BCUT2D eigenvalue weighted by Gasteiger charge is 2.15. The molecule has 0 aromatic heterocycles. The van der Waals surface area contributed by atoms with E-state index in [0.717, 1.165) is 18.4 Å². The standard InChI is InChI=1S/C18H19NO/c20-18(19-16-9-2-3-10-16)13-12-15-8-5-7-14-6-1-4-11-17(14)15/h1,4-8,11-13,16H,2-3,9-10H2,(H,19,20)/b13-12+. The van der Waals surface area contributed by atoms with Gasteiger partial charge in [0.2, 0.25) is 5.91 Å². The Hall–Kier alpha value is -2.09. The van der Waals surface area contributed by atoms with Gasteiger partial charge in [-0.15, -0.1) is 0 Å². The Morgan fingerprint density at radius 3 is 2.65 bits per heavy atom. The van der Waals surface area contributed by atoms with E-state index in [0.29, 0.717) is 6.04 Å². The van der Waals surface area contributed by atoms with E-state index in [1.165, 1.54) is 23.6 Å². The molecule has 0 atom stereocenters. The quantitative estimate of drug-likeness (QED) is 0.837. The third-order valence-electron chi connectivity index (χ3n) is 3.94. The van der Waals surface area contributed by atoms with E-state index in [2.05, 4.69) is 23.5 Å². The molecule has 0 radical (unpaired) electrons. The summed E-state index contributed by atoms with van der Waals surface area (Å²) < 4.78 is 0. The number of nitrogens with one attached hydrogen (secondary N) is 1. The van der Waals surface area contributed by atoms with Crippen molar-refractivity contribution in [3.63, 3.8) is 0 Å². The number of fused-ring (bicyclic) bond motifs is 1. The van der Waals surface area contributed by atoms with E-state index < -0.39 is 0 Å². The average molecular weight is 265 g/mol. The summed E-state index contributed by atoms with van der Waals surface area (Å²) in [6.45, 7) is 0. The lowest BCUT2D eigenvalue weighted by Gasteiger charge is -2.09. The molecule has 2 aromatic carbocycles. The van der Waals surface area contributed by atoms with Crippen LogP contribution in [0.5, 0.6) is 0 Å². The summed E-state index contributed by atoms with van der Waals surface area (Å²) >= 11 is 0. The van der Waals surface area contributed by atoms with Gasteiger partial charge in [-0.3, -0.25) is 4.79 Å². The van der Waals surface area contributed by atoms with Gasteiger partial charge in [-0.05, 0) is 35.3 Å². The van der Waals surface area contributed by atoms with Crippen molar-refractivity contribution in [2.45, 2.75) is 31.7 Å². The molecule has 1 aliphatic carbocycles. The normalized spacial score (nSPS) is 16.0. The first-order valence-electron chi connectivity index (χ1n) is 7.29. The molecule has 0 heterocycles. The monoisotopic (exact) mass is 265 g/mol. The summed E-state index contributed by atoms with van der Waals surface area (Å²) in [6.07, 6.45) is 8.27. The number of benzene rings is 2. The molecule has 0 bridgehead atoms. The molecule has 2 nitrogen and oxygen atoms in total. The molecule has 1 amide bonds. The number of rotatable bonds is 3. The van der Waals surface area contributed by atoms with Gasteiger partial charge in [0.25, 0.3) is 0 Å². The van der Waals surface area contributed by atoms with Crippen molar-refractivity contribution in [2.24, 2.45) is 0 Å². The Morgan fingerprint density at radius 2 is 1.80 bits per heavy atom. The van der Waals surface area contributed by atoms with Gasteiger partial charge in [-0.25, -0.2) is 0 Å². The molecule has 1 N–H and O–H groups in total. The van der Waals surface area contributed by atoms with Gasteiger partial charge in [-0.2, -0.15) is 0 Å². The van der Waals surface area contributed by atoms with E-state index in [9.17, 15) is 4.79 Å². The van der Waals surface area contributed by atoms with Crippen LogP contribution in [-0.4, -0.2) is 11.9 Å². The first-order valence-corrected chi connectivity index (χ1v) is 7.29. The third-order valence-corrected chi connectivity index (χ3v) is 3.94. The van der Waals surface area contributed by atoms with Gasteiger partial charge in [0.1, 0.15) is 0 Å². The summed E-state index contributed by atoms with van der Waals surface area (Å²) in [4.78, 5) is 11.9. The van der Waals surface area contributed by atoms with E-state index in [-0.39, 0.29) is 5.91 Å². The second-order valence-corrected chi connectivity index (χ2v) is 5.39. The lowest BCUT2D eigenvalue weighted by Crippen LogP contribution is -2.30. The van der Waals surface area contributed by atoms with Gasteiger partial charge in [-0.1, -0.05) is 55.3 Å². The molecule has 0 unspecified atom stereocenters. The van der Waals surface area contributed by atoms with E-state index in [1.807, 2.05) is 30.3 Å². The van der Waals surface area contributed by atoms with Crippen LogP contribution in [0.15, 0.2) is 48.5 Å². The Morgan fingerprint density at radius 1 is 1.05 bits per heavy atom. The summed E-state index contributed by atoms with van der Waals surface area (Å²) in [6, 6.07) is 14.8. The fraction of sp³-hybridized carbons (Fsp3) is 0.278. The molecule has 20 heavy (non-hydrogen) atoms. The second-order valence-electron chi connectivity index (χ2n) is 5.39. The number of carbonyl (C=O) groups excluding carboxylic acids is 1. The highest BCUT2D eigenvalue weighted by atomic mass is 16.1. The molecule has 102 valence electrons. The molecule has 0 aliphatic heterocycles. The maximum Gasteiger partial charge on any atom is 0.244 e.